The van der Waals surface area contributed by atoms with E-state index in [1.807, 2.05) is 49.7 Å². The molecule has 2 aromatic rings. The van der Waals surface area contributed by atoms with Crippen molar-refractivity contribution in [3.63, 3.8) is 0 Å². The number of hydrogen-bond acceptors (Lipinski definition) is 2. The first-order valence-electron chi connectivity index (χ1n) is 5.58. The smallest absolute Gasteiger partial charge is 0.0848 e. The molecule has 1 unspecified atom stereocenters. The summed E-state index contributed by atoms with van der Waals surface area (Å²) in [5.74, 6) is 0. The number of nitrogens with two attached hydrogens (primary N) is 1. The van der Waals surface area contributed by atoms with Gasteiger partial charge in [-0.3, -0.25) is 0 Å². The molecule has 4 heteroatoms. The highest BCUT2D eigenvalue weighted by molar-refractivity contribution is 6.31. The van der Waals surface area contributed by atoms with E-state index in [0.29, 0.717) is 0 Å². The molecular formula is C13H16ClN3. The maximum atomic E-state index is 6.14. The molecule has 2 N–H and O–H groups in total. The van der Waals surface area contributed by atoms with Crippen molar-refractivity contribution in [2.75, 3.05) is 0 Å². The van der Waals surface area contributed by atoms with Gasteiger partial charge in [0.2, 0.25) is 0 Å². The van der Waals surface area contributed by atoms with Crippen molar-refractivity contribution >= 4 is 11.6 Å². The van der Waals surface area contributed by atoms with E-state index in [4.69, 9.17) is 17.3 Å². The van der Waals surface area contributed by atoms with Gasteiger partial charge in [0, 0.05) is 6.04 Å². The Morgan fingerprint density at radius 2 is 2.06 bits per heavy atom. The summed E-state index contributed by atoms with van der Waals surface area (Å²) in [6.07, 6.45) is 0. The van der Waals surface area contributed by atoms with Crippen LogP contribution in [0.1, 0.15) is 29.9 Å². The molecule has 17 heavy (non-hydrogen) atoms. The van der Waals surface area contributed by atoms with Crippen LogP contribution in [0.4, 0.5) is 0 Å². The molecule has 0 saturated heterocycles. The fraction of sp³-hybridized carbons (Fsp3) is 0.308. The second-order valence-corrected chi connectivity index (χ2v) is 4.66. The van der Waals surface area contributed by atoms with Crippen LogP contribution >= 0.6 is 11.6 Å². The third-order valence-electron chi connectivity index (χ3n) is 2.84. The Balaban J connectivity index is 2.53. The lowest BCUT2D eigenvalue weighted by Gasteiger charge is -2.09. The van der Waals surface area contributed by atoms with Crippen molar-refractivity contribution in [1.29, 1.82) is 0 Å². The van der Waals surface area contributed by atoms with Crippen molar-refractivity contribution in [3.05, 3.63) is 46.2 Å². The Bertz CT molecular complexity index is 544. The topological polar surface area (TPSA) is 43.8 Å². The number of nitrogens with zero attached hydrogens (tertiary/aromatic N) is 2. The highest BCUT2D eigenvalue weighted by Gasteiger charge is 2.11. The third kappa shape index (κ3) is 2.21. The Hall–Kier alpha value is -1.32. The molecule has 0 aliphatic heterocycles. The lowest BCUT2D eigenvalue weighted by molar-refractivity contribution is 0.800. The minimum Gasteiger partial charge on any atom is -0.324 e. The summed E-state index contributed by atoms with van der Waals surface area (Å²) < 4.78 is 1.85. The van der Waals surface area contributed by atoms with Gasteiger partial charge < -0.3 is 5.73 Å². The summed E-state index contributed by atoms with van der Waals surface area (Å²) in [5.41, 5.74) is 9.75. The number of aromatic nitrogens is 2. The molecule has 2 rings (SSSR count). The molecular weight excluding hydrogens is 234 g/mol. The van der Waals surface area contributed by atoms with Crippen LogP contribution < -0.4 is 5.73 Å². The van der Waals surface area contributed by atoms with E-state index in [1.165, 1.54) is 0 Å². The first kappa shape index (κ1) is 12.1. The van der Waals surface area contributed by atoms with Crippen LogP contribution in [0.2, 0.25) is 5.02 Å². The summed E-state index contributed by atoms with van der Waals surface area (Å²) in [5, 5.41) is 5.14. The van der Waals surface area contributed by atoms with Crippen molar-refractivity contribution in [1.82, 2.24) is 9.78 Å². The van der Waals surface area contributed by atoms with Crippen LogP contribution in [0.25, 0.3) is 5.69 Å². The van der Waals surface area contributed by atoms with Crippen LogP contribution in [0.15, 0.2) is 24.3 Å². The molecule has 0 fully saturated rings. The molecule has 0 spiro atoms. The van der Waals surface area contributed by atoms with E-state index < -0.39 is 0 Å². The number of aryl methyl sites for hydroxylation is 1. The van der Waals surface area contributed by atoms with Crippen molar-refractivity contribution in [3.8, 4) is 5.69 Å². The van der Waals surface area contributed by atoms with Gasteiger partial charge >= 0.3 is 0 Å². The second kappa shape index (κ2) is 4.51. The van der Waals surface area contributed by atoms with Gasteiger partial charge in [-0.15, -0.1) is 0 Å². The van der Waals surface area contributed by atoms with E-state index >= 15 is 0 Å². The Labute approximate surface area is 106 Å². The Kier molecular flexibility index (Phi) is 3.22. The normalized spacial score (nSPS) is 12.8. The van der Waals surface area contributed by atoms with Gasteiger partial charge in [-0.25, -0.2) is 4.68 Å². The largest absolute Gasteiger partial charge is 0.324 e. The maximum Gasteiger partial charge on any atom is 0.0848 e. The molecule has 3 nitrogen and oxygen atoms in total. The molecule has 0 bridgehead atoms. The maximum absolute atomic E-state index is 6.14. The molecule has 0 aliphatic carbocycles. The van der Waals surface area contributed by atoms with E-state index in [1.54, 1.807) is 0 Å². The lowest BCUT2D eigenvalue weighted by atomic mass is 10.1. The van der Waals surface area contributed by atoms with Crippen LogP contribution in [-0.2, 0) is 0 Å². The molecule has 0 saturated carbocycles. The van der Waals surface area contributed by atoms with Gasteiger partial charge in [0.15, 0.2) is 0 Å². The van der Waals surface area contributed by atoms with Gasteiger partial charge in [-0.05, 0) is 38.5 Å². The van der Waals surface area contributed by atoms with Crippen molar-refractivity contribution in [2.45, 2.75) is 26.8 Å². The van der Waals surface area contributed by atoms with Crippen LogP contribution in [0, 0.1) is 13.8 Å². The molecule has 90 valence electrons. The van der Waals surface area contributed by atoms with E-state index in [9.17, 15) is 0 Å². The fourth-order valence-electron chi connectivity index (χ4n) is 1.81. The summed E-state index contributed by atoms with van der Waals surface area (Å²) >= 11 is 6.14. The van der Waals surface area contributed by atoms with E-state index in [0.717, 1.165) is 27.7 Å². The Morgan fingerprint density at radius 1 is 1.35 bits per heavy atom. The summed E-state index contributed by atoms with van der Waals surface area (Å²) in [6, 6.07) is 8.06. The summed E-state index contributed by atoms with van der Waals surface area (Å²) in [4.78, 5) is 0. The molecule has 0 amide bonds. The average Bonchev–Trinajstić information content (AvgIpc) is 2.57. The number of halogens is 1. The van der Waals surface area contributed by atoms with Crippen molar-refractivity contribution < 1.29 is 0 Å². The SMILES string of the molecule is Cc1nn(-c2cccc(C(C)N)c2)c(C)c1Cl. The molecule has 1 heterocycles. The molecule has 0 radical (unpaired) electrons. The quantitative estimate of drug-likeness (QED) is 0.889. The lowest BCUT2D eigenvalue weighted by Crippen LogP contribution is -2.06. The van der Waals surface area contributed by atoms with Gasteiger partial charge in [0.05, 0.1) is 22.1 Å². The number of hydrogen-bond donors (Lipinski definition) is 1. The fourth-order valence-corrected chi connectivity index (χ4v) is 1.93. The van der Waals surface area contributed by atoms with Gasteiger partial charge in [-0.1, -0.05) is 23.7 Å². The molecule has 1 aromatic carbocycles. The monoisotopic (exact) mass is 249 g/mol. The van der Waals surface area contributed by atoms with Crippen LogP contribution in [0.5, 0.6) is 0 Å². The number of rotatable bonds is 2. The predicted molar refractivity (Wildman–Crippen MR) is 70.7 cm³/mol. The second-order valence-electron chi connectivity index (χ2n) is 4.28. The third-order valence-corrected chi connectivity index (χ3v) is 3.39. The standard InChI is InChI=1S/C13H16ClN3/c1-8(15)11-5-4-6-12(7-11)17-10(3)13(14)9(2)16-17/h4-8H,15H2,1-3H3. The van der Waals surface area contributed by atoms with Gasteiger partial charge in [0.25, 0.3) is 0 Å². The highest BCUT2D eigenvalue weighted by Crippen LogP contribution is 2.23. The van der Waals surface area contributed by atoms with Crippen molar-refractivity contribution in [2.24, 2.45) is 5.73 Å². The number of benzene rings is 1. The van der Waals surface area contributed by atoms with Crippen LogP contribution in [-0.4, -0.2) is 9.78 Å². The molecule has 1 atom stereocenters. The average molecular weight is 250 g/mol. The zero-order chi connectivity index (χ0) is 12.6. The summed E-state index contributed by atoms with van der Waals surface area (Å²) in [6.45, 7) is 5.83. The minimum atomic E-state index is 0.0161. The minimum absolute atomic E-state index is 0.0161. The van der Waals surface area contributed by atoms with E-state index in [2.05, 4.69) is 5.10 Å². The van der Waals surface area contributed by atoms with E-state index in [-0.39, 0.29) is 6.04 Å². The zero-order valence-electron chi connectivity index (χ0n) is 10.2. The van der Waals surface area contributed by atoms with Gasteiger partial charge in [-0.2, -0.15) is 5.10 Å². The van der Waals surface area contributed by atoms with Gasteiger partial charge in [0.1, 0.15) is 0 Å². The first-order chi connectivity index (χ1) is 8.00. The highest BCUT2D eigenvalue weighted by atomic mass is 35.5. The van der Waals surface area contributed by atoms with Crippen LogP contribution in [0.3, 0.4) is 0 Å². The molecule has 0 aliphatic rings. The Morgan fingerprint density at radius 3 is 2.59 bits per heavy atom. The first-order valence-corrected chi connectivity index (χ1v) is 5.96. The zero-order valence-corrected chi connectivity index (χ0v) is 11.0. The summed E-state index contributed by atoms with van der Waals surface area (Å²) in [7, 11) is 0. The molecule has 1 aromatic heterocycles. The predicted octanol–water partition coefficient (Wildman–Crippen LogP) is 3.16.